The lowest BCUT2D eigenvalue weighted by atomic mass is 10.1. The molecular weight excluding hydrogens is 386 g/mol. The largest absolute Gasteiger partial charge is 0.352 e. The molecule has 4 rings (SSSR count). The number of hydrogen-bond acceptors (Lipinski definition) is 8. The minimum Gasteiger partial charge on any atom is -0.352 e. The Bertz CT molecular complexity index is 1040. The smallest absolute Gasteiger partial charge is 0.282 e. The summed E-state index contributed by atoms with van der Waals surface area (Å²) in [5, 5.41) is 22.8. The summed E-state index contributed by atoms with van der Waals surface area (Å²) < 4.78 is 0. The Morgan fingerprint density at radius 2 is 1.70 bits per heavy atom. The lowest BCUT2D eigenvalue weighted by molar-refractivity contribution is -0.385. The zero-order valence-corrected chi connectivity index (χ0v) is 16.0. The van der Waals surface area contributed by atoms with E-state index < -0.39 is 4.92 Å². The highest BCUT2D eigenvalue weighted by atomic mass is 16.6. The average Bonchev–Trinajstić information content (AvgIpc) is 2.80. The first-order valence-electron chi connectivity index (χ1n) is 9.40. The standard InChI is InChI=1S/C20H19N7O3/c28-20(16-3-1-2-4-17(16)27(29)30)26-13-11-25(12-14-26)19-6-5-18(23-24-19)22-15-7-9-21-10-8-15/h1-10H,11-14H2,(H,21,22,23). The fourth-order valence-corrected chi connectivity index (χ4v) is 3.27. The fourth-order valence-electron chi connectivity index (χ4n) is 3.27. The van der Waals surface area contributed by atoms with E-state index in [1.54, 1.807) is 29.4 Å². The van der Waals surface area contributed by atoms with Crippen LogP contribution in [0.3, 0.4) is 0 Å². The molecule has 10 nitrogen and oxygen atoms in total. The van der Waals surface area contributed by atoms with Crippen molar-refractivity contribution in [1.82, 2.24) is 20.1 Å². The summed E-state index contributed by atoms with van der Waals surface area (Å²) in [6, 6.07) is 13.4. The van der Waals surface area contributed by atoms with Gasteiger partial charge in [0.05, 0.1) is 4.92 Å². The summed E-state index contributed by atoms with van der Waals surface area (Å²) >= 11 is 0. The number of rotatable bonds is 5. The first-order chi connectivity index (χ1) is 14.6. The molecule has 1 amide bonds. The molecule has 1 aliphatic rings. The van der Waals surface area contributed by atoms with E-state index in [4.69, 9.17) is 0 Å². The van der Waals surface area contributed by atoms with Crippen LogP contribution in [-0.2, 0) is 0 Å². The molecular formula is C20H19N7O3. The van der Waals surface area contributed by atoms with Gasteiger partial charge in [-0.2, -0.15) is 0 Å². The number of hydrogen-bond donors (Lipinski definition) is 1. The molecule has 0 atom stereocenters. The summed E-state index contributed by atoms with van der Waals surface area (Å²) in [6.07, 6.45) is 3.38. The number of para-hydroxylation sites is 1. The third-order valence-corrected chi connectivity index (χ3v) is 4.83. The quantitative estimate of drug-likeness (QED) is 0.508. The Hall–Kier alpha value is -4.08. The van der Waals surface area contributed by atoms with Crippen LogP contribution in [0.1, 0.15) is 10.4 Å². The van der Waals surface area contributed by atoms with Gasteiger partial charge in [-0.05, 0) is 30.3 Å². The molecule has 1 saturated heterocycles. The Kier molecular flexibility index (Phi) is 5.46. The summed E-state index contributed by atoms with van der Waals surface area (Å²) in [5.74, 6) is 1.01. The van der Waals surface area contributed by atoms with E-state index in [9.17, 15) is 14.9 Å². The molecule has 1 fully saturated rings. The fraction of sp³-hybridized carbons (Fsp3) is 0.200. The molecule has 1 N–H and O–H groups in total. The van der Waals surface area contributed by atoms with Crippen molar-refractivity contribution in [3.05, 3.63) is 76.6 Å². The van der Waals surface area contributed by atoms with Crippen molar-refractivity contribution >= 4 is 28.9 Å². The van der Waals surface area contributed by atoms with Gasteiger partial charge in [-0.25, -0.2) is 0 Å². The van der Waals surface area contributed by atoms with Crippen molar-refractivity contribution in [2.45, 2.75) is 0 Å². The summed E-state index contributed by atoms with van der Waals surface area (Å²) in [7, 11) is 0. The first-order valence-corrected chi connectivity index (χ1v) is 9.40. The first kappa shape index (κ1) is 19.2. The van der Waals surface area contributed by atoms with Crippen LogP contribution in [0.25, 0.3) is 0 Å². The summed E-state index contributed by atoms with van der Waals surface area (Å²) in [5.41, 5.74) is 0.810. The average molecular weight is 405 g/mol. The lowest BCUT2D eigenvalue weighted by Gasteiger charge is -2.35. The van der Waals surface area contributed by atoms with Gasteiger partial charge in [0.2, 0.25) is 0 Å². The highest BCUT2D eigenvalue weighted by Gasteiger charge is 2.27. The highest BCUT2D eigenvalue weighted by molar-refractivity contribution is 5.98. The van der Waals surface area contributed by atoms with Crippen LogP contribution in [0.2, 0.25) is 0 Å². The van der Waals surface area contributed by atoms with E-state index in [1.165, 1.54) is 12.1 Å². The Labute approximate surface area is 172 Å². The van der Waals surface area contributed by atoms with Crippen LogP contribution in [0.4, 0.5) is 23.0 Å². The number of benzene rings is 1. The maximum absolute atomic E-state index is 12.7. The number of amides is 1. The third kappa shape index (κ3) is 4.17. The number of carbonyl (C=O) groups excluding carboxylic acids is 1. The number of nitrogens with zero attached hydrogens (tertiary/aromatic N) is 6. The van der Waals surface area contributed by atoms with Gasteiger partial charge in [-0.15, -0.1) is 10.2 Å². The predicted molar refractivity (Wildman–Crippen MR) is 111 cm³/mol. The van der Waals surface area contributed by atoms with E-state index in [1.807, 2.05) is 29.2 Å². The molecule has 1 aliphatic heterocycles. The van der Waals surface area contributed by atoms with Gasteiger partial charge in [0.15, 0.2) is 11.6 Å². The number of aromatic nitrogens is 3. The zero-order valence-electron chi connectivity index (χ0n) is 16.0. The molecule has 0 spiro atoms. The van der Waals surface area contributed by atoms with Crippen LogP contribution >= 0.6 is 0 Å². The van der Waals surface area contributed by atoms with Gasteiger partial charge in [0.1, 0.15) is 5.56 Å². The summed E-state index contributed by atoms with van der Waals surface area (Å²) in [6.45, 7) is 2.03. The molecule has 0 radical (unpaired) electrons. The second kappa shape index (κ2) is 8.52. The number of nitro groups is 1. The number of piperazine rings is 1. The van der Waals surface area contributed by atoms with Crippen LogP contribution in [-0.4, -0.2) is 57.1 Å². The topological polar surface area (TPSA) is 117 Å². The number of nitro benzene ring substituents is 1. The molecule has 0 saturated carbocycles. The van der Waals surface area contributed by atoms with Crippen LogP contribution in [0.15, 0.2) is 60.9 Å². The van der Waals surface area contributed by atoms with Gasteiger partial charge in [0.25, 0.3) is 11.6 Å². The van der Waals surface area contributed by atoms with Crippen molar-refractivity contribution in [3.8, 4) is 0 Å². The molecule has 10 heteroatoms. The number of nitrogens with one attached hydrogen (secondary N) is 1. The number of carbonyl (C=O) groups is 1. The molecule has 1 aromatic carbocycles. The normalized spacial score (nSPS) is 13.7. The lowest BCUT2D eigenvalue weighted by Crippen LogP contribution is -2.49. The van der Waals surface area contributed by atoms with Gasteiger partial charge in [-0.3, -0.25) is 19.9 Å². The van der Waals surface area contributed by atoms with Crippen LogP contribution < -0.4 is 10.2 Å². The highest BCUT2D eigenvalue weighted by Crippen LogP contribution is 2.22. The maximum atomic E-state index is 12.7. The van der Waals surface area contributed by atoms with Crippen molar-refractivity contribution in [2.75, 3.05) is 36.4 Å². The van der Waals surface area contributed by atoms with Gasteiger partial charge >= 0.3 is 0 Å². The number of anilines is 3. The molecule has 30 heavy (non-hydrogen) atoms. The monoisotopic (exact) mass is 405 g/mol. The molecule has 2 aromatic heterocycles. The van der Waals surface area contributed by atoms with Crippen molar-refractivity contribution in [2.24, 2.45) is 0 Å². The Morgan fingerprint density at radius 3 is 2.37 bits per heavy atom. The second-order valence-electron chi connectivity index (χ2n) is 6.69. The minimum absolute atomic E-state index is 0.113. The van der Waals surface area contributed by atoms with Crippen molar-refractivity contribution in [3.63, 3.8) is 0 Å². The molecule has 0 bridgehead atoms. The second-order valence-corrected chi connectivity index (χ2v) is 6.69. The van der Waals surface area contributed by atoms with E-state index >= 15 is 0 Å². The third-order valence-electron chi connectivity index (χ3n) is 4.83. The van der Waals surface area contributed by atoms with E-state index in [0.29, 0.717) is 37.8 Å². The van der Waals surface area contributed by atoms with Gasteiger partial charge in [0, 0.05) is 50.3 Å². The van der Waals surface area contributed by atoms with Gasteiger partial charge < -0.3 is 15.1 Å². The van der Waals surface area contributed by atoms with Crippen molar-refractivity contribution < 1.29 is 9.72 Å². The molecule has 0 unspecified atom stereocenters. The van der Waals surface area contributed by atoms with Crippen LogP contribution in [0, 0.1) is 10.1 Å². The van der Waals surface area contributed by atoms with E-state index in [0.717, 1.165) is 5.69 Å². The maximum Gasteiger partial charge on any atom is 0.282 e. The Balaban J connectivity index is 1.38. The zero-order chi connectivity index (χ0) is 20.9. The number of pyridine rings is 1. The molecule has 152 valence electrons. The molecule has 3 heterocycles. The van der Waals surface area contributed by atoms with Crippen molar-refractivity contribution in [1.29, 1.82) is 0 Å². The molecule has 0 aliphatic carbocycles. The Morgan fingerprint density at radius 1 is 0.967 bits per heavy atom. The summed E-state index contributed by atoms with van der Waals surface area (Å²) in [4.78, 5) is 31.0. The predicted octanol–water partition coefficient (Wildman–Crippen LogP) is 2.49. The SMILES string of the molecule is O=C(c1ccccc1[N+](=O)[O-])N1CCN(c2ccc(Nc3ccncc3)nn2)CC1. The van der Waals surface area contributed by atoms with Gasteiger partial charge in [-0.1, -0.05) is 12.1 Å². The van der Waals surface area contributed by atoms with E-state index in [-0.39, 0.29) is 17.2 Å². The minimum atomic E-state index is -0.527. The molecule has 3 aromatic rings. The van der Waals surface area contributed by atoms with Crippen LogP contribution in [0.5, 0.6) is 0 Å². The van der Waals surface area contributed by atoms with E-state index in [2.05, 4.69) is 20.5 Å².